The number of thioether (sulfide) groups is 1. The van der Waals surface area contributed by atoms with E-state index in [0.717, 1.165) is 10.6 Å². The van der Waals surface area contributed by atoms with Crippen molar-refractivity contribution in [3.8, 4) is 11.5 Å². The first kappa shape index (κ1) is 15.9. The lowest BCUT2D eigenvalue weighted by Crippen LogP contribution is -2.13. The topological polar surface area (TPSA) is 59.1 Å². The van der Waals surface area contributed by atoms with E-state index in [1.54, 1.807) is 23.9 Å². The van der Waals surface area contributed by atoms with Gasteiger partial charge in [0, 0.05) is 15.4 Å². The number of benzene rings is 2. The van der Waals surface area contributed by atoms with Gasteiger partial charge in [-0.2, -0.15) is 0 Å². The molecule has 2 aromatic carbocycles. The van der Waals surface area contributed by atoms with Crippen molar-refractivity contribution < 1.29 is 9.13 Å². The number of hydrogen-bond donors (Lipinski definition) is 2. The van der Waals surface area contributed by atoms with Crippen molar-refractivity contribution in [2.24, 2.45) is 5.73 Å². The van der Waals surface area contributed by atoms with Crippen LogP contribution in [0.1, 0.15) is 12.5 Å². The Hall–Kier alpha value is -1.53. The van der Waals surface area contributed by atoms with Gasteiger partial charge in [0.05, 0.1) is 5.56 Å². The fourth-order valence-electron chi connectivity index (χ4n) is 1.85. The standard InChI is InChI=1S/C15H14BrFN2OS/c1-2-21-13-5-3-4-12(14(13)15(18)19)20-11-7-9(16)6-10(17)8-11/h3-8H,2H2,1H3,(H3,18,19). The summed E-state index contributed by atoms with van der Waals surface area (Å²) in [6.45, 7) is 2.02. The number of amidine groups is 1. The van der Waals surface area contributed by atoms with Crippen LogP contribution in [0.15, 0.2) is 45.8 Å². The largest absolute Gasteiger partial charge is 0.456 e. The molecule has 2 rings (SSSR count). The molecule has 0 aliphatic carbocycles. The molecule has 0 fully saturated rings. The molecule has 0 aliphatic rings. The lowest BCUT2D eigenvalue weighted by molar-refractivity contribution is 0.474. The third-order valence-electron chi connectivity index (χ3n) is 2.62. The van der Waals surface area contributed by atoms with Gasteiger partial charge in [-0.05, 0) is 30.0 Å². The maximum Gasteiger partial charge on any atom is 0.139 e. The molecule has 3 N–H and O–H groups in total. The maximum atomic E-state index is 13.4. The summed E-state index contributed by atoms with van der Waals surface area (Å²) in [5, 5.41) is 7.75. The summed E-state index contributed by atoms with van der Waals surface area (Å²) in [5.74, 6) is 1.18. The van der Waals surface area contributed by atoms with E-state index < -0.39 is 5.82 Å². The van der Waals surface area contributed by atoms with Crippen LogP contribution in [0.25, 0.3) is 0 Å². The molecule has 0 saturated heterocycles. The molecule has 0 aliphatic heterocycles. The van der Waals surface area contributed by atoms with Crippen molar-refractivity contribution in [3.63, 3.8) is 0 Å². The van der Waals surface area contributed by atoms with Gasteiger partial charge in [-0.25, -0.2) is 4.39 Å². The van der Waals surface area contributed by atoms with Crippen LogP contribution >= 0.6 is 27.7 Å². The minimum absolute atomic E-state index is 0.0722. The summed E-state index contributed by atoms with van der Waals surface area (Å²) in [6, 6.07) is 9.73. The number of nitrogens with two attached hydrogens (primary N) is 1. The van der Waals surface area contributed by atoms with Gasteiger partial charge in [-0.1, -0.05) is 28.9 Å². The molecule has 0 spiro atoms. The van der Waals surface area contributed by atoms with Crippen LogP contribution < -0.4 is 10.5 Å². The molecule has 110 valence electrons. The van der Waals surface area contributed by atoms with Crippen LogP contribution in [0, 0.1) is 11.2 Å². The summed E-state index contributed by atoms with van der Waals surface area (Å²) in [4.78, 5) is 0.873. The van der Waals surface area contributed by atoms with Crippen molar-refractivity contribution >= 4 is 33.5 Å². The van der Waals surface area contributed by atoms with Crippen molar-refractivity contribution in [1.29, 1.82) is 5.41 Å². The quantitative estimate of drug-likeness (QED) is 0.453. The summed E-state index contributed by atoms with van der Waals surface area (Å²) in [5.41, 5.74) is 6.20. The monoisotopic (exact) mass is 368 g/mol. The molecule has 21 heavy (non-hydrogen) atoms. The van der Waals surface area contributed by atoms with E-state index in [9.17, 15) is 4.39 Å². The Balaban J connectivity index is 2.43. The fraction of sp³-hybridized carbons (Fsp3) is 0.133. The van der Waals surface area contributed by atoms with Crippen LogP contribution in [0.2, 0.25) is 0 Å². The Morgan fingerprint density at radius 3 is 2.76 bits per heavy atom. The average molecular weight is 369 g/mol. The van der Waals surface area contributed by atoms with Gasteiger partial charge >= 0.3 is 0 Å². The smallest absolute Gasteiger partial charge is 0.139 e. The Morgan fingerprint density at radius 1 is 1.38 bits per heavy atom. The zero-order valence-corrected chi connectivity index (χ0v) is 13.7. The average Bonchev–Trinajstić information content (AvgIpc) is 2.37. The second kappa shape index (κ2) is 6.95. The van der Waals surface area contributed by atoms with E-state index in [2.05, 4.69) is 15.9 Å². The number of ether oxygens (including phenoxy) is 1. The number of nitrogen functional groups attached to an aromatic ring is 1. The van der Waals surface area contributed by atoms with Crippen molar-refractivity contribution in [2.75, 3.05) is 5.75 Å². The Morgan fingerprint density at radius 2 is 2.14 bits per heavy atom. The third-order valence-corrected chi connectivity index (χ3v) is 4.02. The predicted molar refractivity (Wildman–Crippen MR) is 88.0 cm³/mol. The molecule has 6 heteroatoms. The van der Waals surface area contributed by atoms with Crippen LogP contribution in [0.5, 0.6) is 11.5 Å². The van der Waals surface area contributed by atoms with Gasteiger partial charge in [0.25, 0.3) is 0 Å². The van der Waals surface area contributed by atoms with E-state index in [0.29, 0.717) is 21.5 Å². The van der Waals surface area contributed by atoms with Crippen LogP contribution in [0.3, 0.4) is 0 Å². The highest BCUT2D eigenvalue weighted by Gasteiger charge is 2.14. The van der Waals surface area contributed by atoms with E-state index >= 15 is 0 Å². The first-order chi connectivity index (χ1) is 10.0. The minimum atomic E-state index is -0.400. The zero-order valence-electron chi connectivity index (χ0n) is 11.3. The highest BCUT2D eigenvalue weighted by Crippen LogP contribution is 2.33. The third kappa shape index (κ3) is 3.98. The minimum Gasteiger partial charge on any atom is -0.456 e. The fourth-order valence-corrected chi connectivity index (χ4v) is 3.14. The summed E-state index contributed by atoms with van der Waals surface area (Å²) < 4.78 is 19.7. The Bertz CT molecular complexity index is 658. The number of halogens is 2. The Labute approximate surface area is 135 Å². The molecule has 0 saturated carbocycles. The molecule has 2 aromatic rings. The molecule has 0 unspecified atom stereocenters. The molecule has 0 amide bonds. The van der Waals surface area contributed by atoms with Gasteiger partial charge in [-0.3, -0.25) is 5.41 Å². The highest BCUT2D eigenvalue weighted by molar-refractivity contribution is 9.10. The first-order valence-electron chi connectivity index (χ1n) is 6.25. The first-order valence-corrected chi connectivity index (χ1v) is 8.03. The van der Waals surface area contributed by atoms with Crippen molar-refractivity contribution in [2.45, 2.75) is 11.8 Å². The lowest BCUT2D eigenvalue weighted by atomic mass is 10.2. The number of nitrogens with one attached hydrogen (secondary N) is 1. The van der Waals surface area contributed by atoms with Gasteiger partial charge in [0.2, 0.25) is 0 Å². The van der Waals surface area contributed by atoms with E-state index in [4.69, 9.17) is 15.9 Å². The summed E-state index contributed by atoms with van der Waals surface area (Å²) in [6.07, 6.45) is 0. The molecule has 0 heterocycles. The van der Waals surface area contributed by atoms with Gasteiger partial charge < -0.3 is 10.5 Å². The summed E-state index contributed by atoms with van der Waals surface area (Å²) in [7, 11) is 0. The van der Waals surface area contributed by atoms with Gasteiger partial charge in [0.1, 0.15) is 23.2 Å². The van der Waals surface area contributed by atoms with E-state index in [1.165, 1.54) is 12.1 Å². The lowest BCUT2D eigenvalue weighted by Gasteiger charge is -2.14. The van der Waals surface area contributed by atoms with E-state index in [-0.39, 0.29) is 5.84 Å². The molecule has 0 atom stereocenters. The maximum absolute atomic E-state index is 13.4. The van der Waals surface area contributed by atoms with Crippen LogP contribution in [0.4, 0.5) is 4.39 Å². The van der Waals surface area contributed by atoms with Crippen molar-refractivity contribution in [1.82, 2.24) is 0 Å². The molecule has 0 radical (unpaired) electrons. The molecule has 3 nitrogen and oxygen atoms in total. The molecular formula is C15H14BrFN2OS. The summed E-state index contributed by atoms with van der Waals surface area (Å²) >= 11 is 4.80. The second-order valence-electron chi connectivity index (χ2n) is 4.18. The molecular weight excluding hydrogens is 355 g/mol. The van der Waals surface area contributed by atoms with Crippen LogP contribution in [-0.2, 0) is 0 Å². The van der Waals surface area contributed by atoms with E-state index in [1.807, 2.05) is 19.1 Å². The van der Waals surface area contributed by atoms with Gasteiger partial charge in [0.15, 0.2) is 0 Å². The SMILES string of the molecule is CCSc1cccc(Oc2cc(F)cc(Br)c2)c1C(=N)N. The molecule has 0 aromatic heterocycles. The van der Waals surface area contributed by atoms with Crippen molar-refractivity contribution in [3.05, 3.63) is 52.3 Å². The molecule has 0 bridgehead atoms. The normalized spacial score (nSPS) is 10.4. The Kier molecular flexibility index (Phi) is 5.25. The highest BCUT2D eigenvalue weighted by atomic mass is 79.9. The number of hydrogen-bond acceptors (Lipinski definition) is 3. The van der Waals surface area contributed by atoms with Gasteiger partial charge in [-0.15, -0.1) is 11.8 Å². The second-order valence-corrected chi connectivity index (χ2v) is 6.40. The predicted octanol–water partition coefficient (Wildman–Crippen LogP) is 4.78. The van der Waals surface area contributed by atoms with Crippen LogP contribution in [-0.4, -0.2) is 11.6 Å². The zero-order chi connectivity index (χ0) is 15.4. The number of rotatable bonds is 5.